The van der Waals surface area contributed by atoms with E-state index in [0.717, 1.165) is 9.91 Å². The molecule has 1 aromatic carbocycles. The minimum Gasteiger partial charge on any atom is -0.458 e. The van der Waals surface area contributed by atoms with Gasteiger partial charge in [-0.15, -0.1) is 0 Å². The lowest BCUT2D eigenvalue weighted by atomic mass is 9.95. The van der Waals surface area contributed by atoms with Gasteiger partial charge in [0.1, 0.15) is 11.6 Å². The van der Waals surface area contributed by atoms with E-state index in [9.17, 15) is 24.0 Å². The monoisotopic (exact) mass is 441 g/mol. The Morgan fingerprint density at radius 3 is 2.19 bits per heavy atom. The molecule has 170 valence electrons. The first-order chi connectivity index (χ1) is 15.0. The third kappa shape index (κ3) is 3.55. The number of nitrogens with zero attached hydrogens (tertiary/aromatic N) is 3. The van der Waals surface area contributed by atoms with Crippen LogP contribution in [0.15, 0.2) is 24.3 Å². The predicted molar refractivity (Wildman–Crippen MR) is 112 cm³/mol. The second-order valence-electron chi connectivity index (χ2n) is 9.54. The molecule has 4 rings (SSSR count). The molecule has 0 aliphatic carbocycles. The molecule has 0 bridgehead atoms. The maximum absolute atomic E-state index is 13.8. The van der Waals surface area contributed by atoms with Crippen LogP contribution in [-0.4, -0.2) is 68.7 Å². The molecule has 3 aliphatic heterocycles. The Hall–Kier alpha value is -3.23. The second kappa shape index (κ2) is 7.72. The van der Waals surface area contributed by atoms with Gasteiger partial charge in [0.2, 0.25) is 5.91 Å². The summed E-state index contributed by atoms with van der Waals surface area (Å²) in [6, 6.07) is 4.20. The zero-order chi connectivity index (χ0) is 23.4. The summed E-state index contributed by atoms with van der Waals surface area (Å²) in [5.41, 5.74) is -0.312. The predicted octanol–water partition coefficient (Wildman–Crippen LogP) is 1.77. The van der Waals surface area contributed by atoms with Crippen molar-refractivity contribution in [1.29, 1.82) is 0 Å². The number of carbonyl (C=O) groups excluding carboxylic acids is 5. The average molecular weight is 441 g/mol. The fourth-order valence-corrected chi connectivity index (χ4v) is 4.63. The van der Waals surface area contributed by atoms with Gasteiger partial charge in [-0.1, -0.05) is 19.1 Å². The molecule has 3 atom stereocenters. The molecule has 3 unspecified atom stereocenters. The van der Waals surface area contributed by atoms with Gasteiger partial charge in [0.15, 0.2) is 6.04 Å². The highest BCUT2D eigenvalue weighted by Crippen LogP contribution is 2.34. The standard InChI is InChI=1S/C23H27N3O6/c1-13-12-17(27)24-11-7-10-16(22(31)32-23(2,3)4)26(24)21(30)18(13)25-19(28)14-8-5-6-9-15(14)20(25)29/h5-6,8-9,13,16,18H,7,10-12H2,1-4H3. The largest absolute Gasteiger partial charge is 0.458 e. The van der Waals surface area contributed by atoms with Gasteiger partial charge < -0.3 is 4.74 Å². The quantitative estimate of drug-likeness (QED) is 0.512. The second-order valence-corrected chi connectivity index (χ2v) is 9.54. The van der Waals surface area contributed by atoms with Gasteiger partial charge in [-0.2, -0.15) is 0 Å². The molecule has 9 nitrogen and oxygen atoms in total. The number of fused-ring (bicyclic) bond motifs is 2. The van der Waals surface area contributed by atoms with Crippen molar-refractivity contribution in [3.05, 3.63) is 35.4 Å². The number of ether oxygens (including phenoxy) is 1. The summed E-state index contributed by atoms with van der Waals surface area (Å²) in [4.78, 5) is 66.9. The van der Waals surface area contributed by atoms with Crippen molar-refractivity contribution in [1.82, 2.24) is 14.9 Å². The van der Waals surface area contributed by atoms with E-state index in [1.54, 1.807) is 52.0 Å². The summed E-state index contributed by atoms with van der Waals surface area (Å²) < 4.78 is 5.51. The molecule has 3 aliphatic rings. The van der Waals surface area contributed by atoms with Crippen LogP contribution in [0.2, 0.25) is 0 Å². The average Bonchev–Trinajstić information content (AvgIpc) is 2.92. The molecular weight excluding hydrogens is 414 g/mol. The van der Waals surface area contributed by atoms with E-state index in [4.69, 9.17) is 4.74 Å². The van der Waals surface area contributed by atoms with Crippen molar-refractivity contribution in [2.75, 3.05) is 6.54 Å². The number of esters is 1. The number of rotatable bonds is 2. The molecule has 9 heteroatoms. The van der Waals surface area contributed by atoms with E-state index in [-0.39, 0.29) is 30.0 Å². The first kappa shape index (κ1) is 22.0. The number of hydrazine groups is 1. The lowest BCUT2D eigenvalue weighted by Crippen LogP contribution is -2.63. The highest BCUT2D eigenvalue weighted by molar-refractivity contribution is 6.23. The van der Waals surface area contributed by atoms with Crippen molar-refractivity contribution in [3.8, 4) is 0 Å². The smallest absolute Gasteiger partial charge is 0.331 e. The SMILES string of the molecule is CC1CC(=O)N2CCCC(C(=O)OC(C)(C)C)N2C(=O)C1N1C(=O)c2ccccc2C1=O. The molecule has 32 heavy (non-hydrogen) atoms. The van der Waals surface area contributed by atoms with Gasteiger partial charge >= 0.3 is 5.97 Å². The van der Waals surface area contributed by atoms with Crippen LogP contribution in [-0.2, 0) is 19.1 Å². The van der Waals surface area contributed by atoms with Gasteiger partial charge in [-0.3, -0.25) is 29.1 Å². The highest BCUT2D eigenvalue weighted by Gasteiger charge is 2.53. The summed E-state index contributed by atoms with van der Waals surface area (Å²) in [5.74, 6) is -3.29. The van der Waals surface area contributed by atoms with E-state index < -0.39 is 47.3 Å². The molecule has 0 radical (unpaired) electrons. The Labute approximate surface area is 186 Å². The fraction of sp³-hybridized carbons (Fsp3) is 0.522. The third-order valence-electron chi connectivity index (χ3n) is 5.99. The summed E-state index contributed by atoms with van der Waals surface area (Å²) in [7, 11) is 0. The molecule has 2 saturated heterocycles. The lowest BCUT2D eigenvalue weighted by Gasteiger charge is -2.43. The van der Waals surface area contributed by atoms with E-state index in [1.165, 1.54) is 5.01 Å². The molecule has 0 spiro atoms. The summed E-state index contributed by atoms with van der Waals surface area (Å²) >= 11 is 0. The zero-order valence-electron chi connectivity index (χ0n) is 18.7. The van der Waals surface area contributed by atoms with E-state index in [0.29, 0.717) is 12.8 Å². The number of hydrogen-bond acceptors (Lipinski definition) is 6. The third-order valence-corrected chi connectivity index (χ3v) is 5.99. The molecule has 1 aromatic rings. The molecule has 4 amide bonds. The number of carbonyl (C=O) groups is 5. The van der Waals surface area contributed by atoms with Gasteiger partial charge in [0.05, 0.1) is 11.1 Å². The van der Waals surface area contributed by atoms with Crippen LogP contribution in [0.1, 0.15) is 67.7 Å². The van der Waals surface area contributed by atoms with Crippen LogP contribution in [0.4, 0.5) is 0 Å². The first-order valence-electron chi connectivity index (χ1n) is 10.8. The maximum atomic E-state index is 13.8. The van der Waals surface area contributed by atoms with Crippen LogP contribution >= 0.6 is 0 Å². The summed E-state index contributed by atoms with van der Waals surface area (Å²) in [6.07, 6.45) is 0.834. The molecule has 3 heterocycles. The molecule has 0 aromatic heterocycles. The van der Waals surface area contributed by atoms with Crippen LogP contribution in [0.25, 0.3) is 0 Å². The number of imide groups is 1. The van der Waals surface area contributed by atoms with Crippen LogP contribution in [0.3, 0.4) is 0 Å². The van der Waals surface area contributed by atoms with Crippen LogP contribution in [0.5, 0.6) is 0 Å². The van der Waals surface area contributed by atoms with Crippen molar-refractivity contribution in [2.24, 2.45) is 5.92 Å². The Morgan fingerprint density at radius 1 is 1.03 bits per heavy atom. The summed E-state index contributed by atoms with van der Waals surface area (Å²) in [5, 5.41) is 2.42. The molecule has 0 saturated carbocycles. The van der Waals surface area contributed by atoms with Gasteiger partial charge in [0, 0.05) is 13.0 Å². The minimum absolute atomic E-state index is 0.0264. The Kier molecular flexibility index (Phi) is 5.30. The van der Waals surface area contributed by atoms with E-state index >= 15 is 0 Å². The number of hydrogen-bond donors (Lipinski definition) is 0. The summed E-state index contributed by atoms with van der Waals surface area (Å²) in [6.45, 7) is 7.14. The minimum atomic E-state index is -1.20. The zero-order valence-corrected chi connectivity index (χ0v) is 18.7. The van der Waals surface area contributed by atoms with E-state index in [2.05, 4.69) is 0 Å². The van der Waals surface area contributed by atoms with Crippen molar-refractivity contribution in [3.63, 3.8) is 0 Å². The van der Waals surface area contributed by atoms with E-state index in [1.807, 2.05) is 0 Å². The molecule has 0 N–H and O–H groups in total. The topological polar surface area (TPSA) is 104 Å². The number of amides is 4. The Bertz CT molecular complexity index is 978. The fourth-order valence-electron chi connectivity index (χ4n) is 4.63. The normalized spacial score (nSPS) is 26.1. The Balaban J connectivity index is 1.73. The lowest BCUT2D eigenvalue weighted by molar-refractivity contribution is -0.188. The van der Waals surface area contributed by atoms with Gasteiger partial charge in [-0.25, -0.2) is 9.80 Å². The highest BCUT2D eigenvalue weighted by atomic mass is 16.6. The van der Waals surface area contributed by atoms with Gasteiger partial charge in [-0.05, 0) is 51.7 Å². The molecule has 2 fully saturated rings. The Morgan fingerprint density at radius 2 is 1.62 bits per heavy atom. The van der Waals surface area contributed by atoms with Crippen molar-refractivity contribution >= 4 is 29.6 Å². The van der Waals surface area contributed by atoms with Crippen molar-refractivity contribution < 1.29 is 28.7 Å². The number of benzene rings is 1. The van der Waals surface area contributed by atoms with Crippen molar-refractivity contribution in [2.45, 2.75) is 64.6 Å². The van der Waals surface area contributed by atoms with Crippen LogP contribution < -0.4 is 0 Å². The first-order valence-corrected chi connectivity index (χ1v) is 10.8. The molecular formula is C23H27N3O6. The maximum Gasteiger partial charge on any atom is 0.331 e. The van der Waals surface area contributed by atoms with Crippen LogP contribution in [0, 0.1) is 5.92 Å². The van der Waals surface area contributed by atoms with Gasteiger partial charge in [0.25, 0.3) is 17.7 Å².